The summed E-state index contributed by atoms with van der Waals surface area (Å²) in [4.78, 5) is 24.0. The van der Waals surface area contributed by atoms with Crippen molar-refractivity contribution in [3.8, 4) is 0 Å². The van der Waals surface area contributed by atoms with E-state index >= 15 is 0 Å². The Kier molecular flexibility index (Phi) is 7.90. The molecule has 0 fully saturated rings. The quantitative estimate of drug-likeness (QED) is 0.340. The lowest BCUT2D eigenvalue weighted by Gasteiger charge is -2.05. The third kappa shape index (κ3) is 6.54. The predicted molar refractivity (Wildman–Crippen MR) is 99.7 cm³/mol. The predicted octanol–water partition coefficient (Wildman–Crippen LogP) is 5.59. The highest BCUT2D eigenvalue weighted by molar-refractivity contribution is 6.02. The van der Waals surface area contributed by atoms with Gasteiger partial charge in [-0.2, -0.15) is 0 Å². The van der Waals surface area contributed by atoms with Gasteiger partial charge in [0.25, 0.3) is 0 Å². The lowest BCUT2D eigenvalue weighted by atomic mass is 10.0. The van der Waals surface area contributed by atoms with Crippen LogP contribution in [0, 0.1) is 0 Å². The van der Waals surface area contributed by atoms with Crippen LogP contribution in [0.1, 0.15) is 71.7 Å². The summed E-state index contributed by atoms with van der Waals surface area (Å²) in [5.41, 5.74) is 1.98. The third-order valence-corrected chi connectivity index (χ3v) is 4.20. The van der Waals surface area contributed by atoms with Gasteiger partial charge in [0.1, 0.15) is 0 Å². The van der Waals surface area contributed by atoms with Crippen LogP contribution < -0.4 is 0 Å². The minimum Gasteiger partial charge on any atom is -0.386 e. The first-order valence-corrected chi connectivity index (χ1v) is 9.11. The summed E-state index contributed by atoms with van der Waals surface area (Å²) < 4.78 is 4.92. The van der Waals surface area contributed by atoms with E-state index in [4.69, 9.17) is 4.74 Å². The molecular formula is C22H26O3. The van der Waals surface area contributed by atoms with Crippen molar-refractivity contribution in [1.29, 1.82) is 0 Å². The van der Waals surface area contributed by atoms with E-state index in [1.54, 1.807) is 42.5 Å². The molecule has 25 heavy (non-hydrogen) atoms. The van der Waals surface area contributed by atoms with Gasteiger partial charge in [-0.3, -0.25) is 0 Å². The van der Waals surface area contributed by atoms with Gasteiger partial charge in [0, 0.05) is 0 Å². The van der Waals surface area contributed by atoms with Crippen molar-refractivity contribution in [3.05, 3.63) is 71.3 Å². The molecule has 132 valence electrons. The van der Waals surface area contributed by atoms with E-state index in [0.717, 1.165) is 6.42 Å². The van der Waals surface area contributed by atoms with Crippen LogP contribution in [0.4, 0.5) is 0 Å². The van der Waals surface area contributed by atoms with Crippen LogP contribution in [0.25, 0.3) is 0 Å². The molecule has 0 amide bonds. The zero-order valence-corrected chi connectivity index (χ0v) is 14.9. The number of ether oxygens (including phenoxy) is 1. The summed E-state index contributed by atoms with van der Waals surface area (Å²) in [7, 11) is 0. The molecule has 0 saturated heterocycles. The molecule has 0 aliphatic carbocycles. The highest BCUT2D eigenvalue weighted by atomic mass is 16.6. The Morgan fingerprint density at radius 2 is 1.28 bits per heavy atom. The molecule has 0 aliphatic heterocycles. The molecule has 0 unspecified atom stereocenters. The van der Waals surface area contributed by atoms with Crippen molar-refractivity contribution in [3.63, 3.8) is 0 Å². The van der Waals surface area contributed by atoms with Crippen LogP contribution in [0.2, 0.25) is 0 Å². The second-order valence-corrected chi connectivity index (χ2v) is 6.26. The van der Waals surface area contributed by atoms with Gasteiger partial charge in [0.15, 0.2) is 0 Å². The molecule has 0 spiro atoms. The number of esters is 2. The second kappa shape index (κ2) is 10.4. The normalized spacial score (nSPS) is 10.4. The van der Waals surface area contributed by atoms with Gasteiger partial charge in [-0.1, -0.05) is 69.4 Å². The van der Waals surface area contributed by atoms with Crippen LogP contribution in [0.3, 0.4) is 0 Å². The Morgan fingerprint density at radius 1 is 0.720 bits per heavy atom. The first kappa shape index (κ1) is 18.9. The van der Waals surface area contributed by atoms with E-state index in [1.807, 2.05) is 12.1 Å². The molecule has 2 rings (SSSR count). The van der Waals surface area contributed by atoms with Gasteiger partial charge in [-0.25, -0.2) is 9.59 Å². The minimum atomic E-state index is -0.623. The van der Waals surface area contributed by atoms with Crippen LogP contribution in [0.5, 0.6) is 0 Å². The molecule has 3 heteroatoms. The van der Waals surface area contributed by atoms with E-state index in [2.05, 4.69) is 6.92 Å². The summed E-state index contributed by atoms with van der Waals surface area (Å²) >= 11 is 0. The van der Waals surface area contributed by atoms with Gasteiger partial charge in [-0.05, 0) is 42.7 Å². The lowest BCUT2D eigenvalue weighted by Crippen LogP contribution is -2.12. The van der Waals surface area contributed by atoms with Crippen molar-refractivity contribution >= 4 is 11.9 Å². The van der Waals surface area contributed by atoms with Gasteiger partial charge >= 0.3 is 11.9 Å². The van der Waals surface area contributed by atoms with Crippen LogP contribution in [-0.2, 0) is 11.2 Å². The zero-order valence-electron chi connectivity index (χ0n) is 14.9. The van der Waals surface area contributed by atoms with Gasteiger partial charge in [0.2, 0.25) is 0 Å². The van der Waals surface area contributed by atoms with Crippen molar-refractivity contribution in [2.75, 3.05) is 0 Å². The summed E-state index contributed by atoms with van der Waals surface area (Å²) in [5.74, 6) is -1.23. The average Bonchev–Trinajstić information content (AvgIpc) is 2.65. The standard InChI is InChI=1S/C22H26O3/c1-2-3-4-5-6-8-11-18-14-16-20(17-15-18)22(24)25-21(23)19-12-9-7-10-13-19/h7,9-10,12-17H,2-6,8,11H2,1H3. The van der Waals surface area contributed by atoms with Crippen molar-refractivity contribution in [2.45, 2.75) is 51.9 Å². The molecule has 0 aromatic heterocycles. The Labute approximate surface area is 150 Å². The number of unbranched alkanes of at least 4 members (excludes halogenated alkanes) is 5. The molecule has 0 aliphatic rings. The molecule has 0 atom stereocenters. The third-order valence-electron chi connectivity index (χ3n) is 4.20. The second-order valence-electron chi connectivity index (χ2n) is 6.26. The molecule has 0 saturated carbocycles. The Balaban J connectivity index is 1.79. The van der Waals surface area contributed by atoms with Crippen LogP contribution in [-0.4, -0.2) is 11.9 Å². The van der Waals surface area contributed by atoms with Gasteiger partial charge in [0.05, 0.1) is 11.1 Å². The molecule has 3 nitrogen and oxygen atoms in total. The maximum Gasteiger partial charge on any atom is 0.346 e. The molecular weight excluding hydrogens is 312 g/mol. The summed E-state index contributed by atoms with van der Waals surface area (Å²) in [6, 6.07) is 15.9. The fourth-order valence-electron chi connectivity index (χ4n) is 2.69. The molecule has 0 heterocycles. The fraction of sp³-hybridized carbons (Fsp3) is 0.364. The Hall–Kier alpha value is -2.42. The number of hydrogen-bond acceptors (Lipinski definition) is 3. The highest BCUT2D eigenvalue weighted by Crippen LogP contribution is 2.12. The monoisotopic (exact) mass is 338 g/mol. The molecule has 0 N–H and O–H groups in total. The van der Waals surface area contributed by atoms with E-state index in [1.165, 1.54) is 44.1 Å². The number of carbonyl (C=O) groups is 2. The van der Waals surface area contributed by atoms with E-state index < -0.39 is 11.9 Å². The number of aryl methyl sites for hydroxylation is 1. The first-order chi connectivity index (χ1) is 12.2. The van der Waals surface area contributed by atoms with Crippen molar-refractivity contribution in [1.82, 2.24) is 0 Å². The van der Waals surface area contributed by atoms with Crippen molar-refractivity contribution in [2.24, 2.45) is 0 Å². The van der Waals surface area contributed by atoms with Gasteiger partial charge in [-0.15, -0.1) is 0 Å². The largest absolute Gasteiger partial charge is 0.386 e. The molecule has 2 aromatic rings. The average molecular weight is 338 g/mol. The number of benzene rings is 2. The Bertz CT molecular complexity index is 659. The number of carbonyl (C=O) groups excluding carboxylic acids is 2. The van der Waals surface area contributed by atoms with E-state index in [9.17, 15) is 9.59 Å². The fourth-order valence-corrected chi connectivity index (χ4v) is 2.69. The SMILES string of the molecule is CCCCCCCCc1ccc(C(=O)OC(=O)c2ccccc2)cc1. The molecule has 2 aromatic carbocycles. The van der Waals surface area contributed by atoms with Crippen molar-refractivity contribution < 1.29 is 14.3 Å². The molecule has 0 radical (unpaired) electrons. The van der Waals surface area contributed by atoms with E-state index in [-0.39, 0.29) is 0 Å². The topological polar surface area (TPSA) is 43.4 Å². The smallest absolute Gasteiger partial charge is 0.346 e. The number of hydrogen-bond donors (Lipinski definition) is 0. The van der Waals surface area contributed by atoms with Gasteiger partial charge < -0.3 is 4.74 Å². The number of rotatable bonds is 9. The summed E-state index contributed by atoms with van der Waals surface area (Å²) in [6.07, 6.45) is 8.62. The first-order valence-electron chi connectivity index (χ1n) is 9.11. The Morgan fingerprint density at radius 3 is 1.92 bits per heavy atom. The lowest BCUT2D eigenvalue weighted by molar-refractivity contribution is 0.0398. The van der Waals surface area contributed by atoms with E-state index in [0.29, 0.717) is 11.1 Å². The highest BCUT2D eigenvalue weighted by Gasteiger charge is 2.14. The maximum absolute atomic E-state index is 12.1. The molecule has 0 bridgehead atoms. The zero-order chi connectivity index (χ0) is 17.9. The van der Waals surface area contributed by atoms with Crippen LogP contribution in [0.15, 0.2) is 54.6 Å². The summed E-state index contributed by atoms with van der Waals surface area (Å²) in [5, 5.41) is 0. The van der Waals surface area contributed by atoms with Crippen LogP contribution >= 0.6 is 0 Å². The minimum absolute atomic E-state index is 0.371. The maximum atomic E-state index is 12.1. The summed E-state index contributed by atoms with van der Waals surface area (Å²) in [6.45, 7) is 2.22.